The standard InChI is InChI=1S/C15H12Br2FNO/c16-12-7-11(8-13(17)9-12)15(20)19-5-4-10-2-1-3-14(18)6-10/h1-3,6-9H,4-5H2,(H,19,20). The number of hydrogen-bond acceptors (Lipinski definition) is 1. The van der Waals surface area contributed by atoms with E-state index >= 15 is 0 Å². The lowest BCUT2D eigenvalue weighted by molar-refractivity contribution is 0.0954. The molecule has 0 bridgehead atoms. The number of carbonyl (C=O) groups excluding carboxylic acids is 1. The number of hydrogen-bond donors (Lipinski definition) is 1. The monoisotopic (exact) mass is 399 g/mol. The third kappa shape index (κ3) is 4.42. The molecule has 0 unspecified atom stereocenters. The number of nitrogens with one attached hydrogen (secondary N) is 1. The van der Waals surface area contributed by atoms with E-state index < -0.39 is 0 Å². The van der Waals surface area contributed by atoms with Crippen molar-refractivity contribution >= 4 is 37.8 Å². The quantitative estimate of drug-likeness (QED) is 0.813. The van der Waals surface area contributed by atoms with Crippen molar-refractivity contribution in [2.45, 2.75) is 6.42 Å². The summed E-state index contributed by atoms with van der Waals surface area (Å²) in [4.78, 5) is 12.0. The zero-order valence-electron chi connectivity index (χ0n) is 10.5. The maximum absolute atomic E-state index is 13.0. The normalized spacial score (nSPS) is 10.3. The van der Waals surface area contributed by atoms with Crippen LogP contribution in [0, 0.1) is 5.82 Å². The molecule has 2 rings (SSSR count). The van der Waals surface area contributed by atoms with Gasteiger partial charge in [-0.1, -0.05) is 44.0 Å². The molecule has 0 aliphatic carbocycles. The summed E-state index contributed by atoms with van der Waals surface area (Å²) in [5, 5.41) is 2.82. The van der Waals surface area contributed by atoms with Crippen molar-refractivity contribution in [3.8, 4) is 0 Å². The Bertz CT molecular complexity index is 611. The van der Waals surface area contributed by atoms with Crippen molar-refractivity contribution in [2.75, 3.05) is 6.54 Å². The molecular formula is C15H12Br2FNO. The van der Waals surface area contributed by atoms with E-state index in [1.807, 2.05) is 12.1 Å². The summed E-state index contributed by atoms with van der Waals surface area (Å²) in [6.07, 6.45) is 0.596. The Balaban J connectivity index is 1.92. The molecule has 104 valence electrons. The summed E-state index contributed by atoms with van der Waals surface area (Å²) in [6, 6.07) is 11.7. The molecule has 1 amide bonds. The molecule has 1 N–H and O–H groups in total. The van der Waals surface area contributed by atoms with Crippen molar-refractivity contribution < 1.29 is 9.18 Å². The molecule has 0 aliphatic heterocycles. The Kier molecular flexibility index (Phi) is 5.31. The van der Waals surface area contributed by atoms with E-state index in [9.17, 15) is 9.18 Å². The number of carbonyl (C=O) groups is 1. The fourth-order valence-corrected chi connectivity index (χ4v) is 3.09. The third-order valence-corrected chi connectivity index (χ3v) is 3.63. The van der Waals surface area contributed by atoms with Gasteiger partial charge < -0.3 is 5.32 Å². The van der Waals surface area contributed by atoms with Crippen molar-refractivity contribution in [3.63, 3.8) is 0 Å². The van der Waals surface area contributed by atoms with Gasteiger partial charge in [0.15, 0.2) is 0 Å². The highest BCUT2D eigenvalue weighted by atomic mass is 79.9. The highest BCUT2D eigenvalue weighted by molar-refractivity contribution is 9.11. The van der Waals surface area contributed by atoms with Crippen molar-refractivity contribution in [2.24, 2.45) is 0 Å². The summed E-state index contributed by atoms with van der Waals surface area (Å²) >= 11 is 6.68. The Morgan fingerprint density at radius 2 is 1.80 bits per heavy atom. The van der Waals surface area contributed by atoms with E-state index in [0.29, 0.717) is 18.5 Å². The summed E-state index contributed by atoms with van der Waals surface area (Å²) in [6.45, 7) is 0.465. The minimum Gasteiger partial charge on any atom is -0.352 e. The number of amides is 1. The van der Waals surface area contributed by atoms with Crippen molar-refractivity contribution in [1.29, 1.82) is 0 Å². The molecule has 0 saturated heterocycles. The van der Waals surface area contributed by atoms with Gasteiger partial charge in [-0.25, -0.2) is 4.39 Å². The first-order chi connectivity index (χ1) is 9.54. The predicted octanol–water partition coefficient (Wildman–Crippen LogP) is 4.32. The van der Waals surface area contributed by atoms with Crippen LogP contribution in [0.5, 0.6) is 0 Å². The second-order valence-corrected chi connectivity index (χ2v) is 6.13. The molecule has 0 atom stereocenters. The van der Waals surface area contributed by atoms with Crippen LogP contribution in [0.3, 0.4) is 0 Å². The van der Waals surface area contributed by atoms with E-state index in [1.54, 1.807) is 18.2 Å². The molecule has 0 spiro atoms. The average Bonchev–Trinajstić information content (AvgIpc) is 2.37. The first kappa shape index (κ1) is 15.2. The summed E-state index contributed by atoms with van der Waals surface area (Å²) < 4.78 is 14.7. The summed E-state index contributed by atoms with van der Waals surface area (Å²) in [7, 11) is 0. The van der Waals surface area contributed by atoms with Crippen LogP contribution in [-0.2, 0) is 6.42 Å². The molecule has 20 heavy (non-hydrogen) atoms. The number of rotatable bonds is 4. The summed E-state index contributed by atoms with van der Waals surface area (Å²) in [5.74, 6) is -0.409. The molecule has 0 aliphatic rings. The molecule has 0 saturated carbocycles. The maximum atomic E-state index is 13.0. The SMILES string of the molecule is O=C(NCCc1cccc(F)c1)c1cc(Br)cc(Br)c1. The zero-order chi connectivity index (χ0) is 14.5. The van der Waals surface area contributed by atoms with Crippen molar-refractivity contribution in [1.82, 2.24) is 5.32 Å². The molecule has 0 radical (unpaired) electrons. The molecular weight excluding hydrogens is 389 g/mol. The van der Waals surface area contributed by atoms with Crippen LogP contribution < -0.4 is 5.32 Å². The lowest BCUT2D eigenvalue weighted by Gasteiger charge is -2.06. The third-order valence-electron chi connectivity index (χ3n) is 2.71. The topological polar surface area (TPSA) is 29.1 Å². The van der Waals surface area contributed by atoms with Gasteiger partial charge in [-0.15, -0.1) is 0 Å². The van der Waals surface area contributed by atoms with Gasteiger partial charge >= 0.3 is 0 Å². The minimum atomic E-state index is -0.259. The highest BCUT2D eigenvalue weighted by Gasteiger charge is 2.07. The van der Waals surface area contributed by atoms with Gasteiger partial charge in [0.05, 0.1) is 0 Å². The Morgan fingerprint density at radius 3 is 2.45 bits per heavy atom. The van der Waals surface area contributed by atoms with Gasteiger partial charge in [0, 0.05) is 21.1 Å². The molecule has 2 aromatic carbocycles. The van der Waals surface area contributed by atoms with Gasteiger partial charge in [0.1, 0.15) is 5.82 Å². The van der Waals surface area contributed by atoms with E-state index in [4.69, 9.17) is 0 Å². The summed E-state index contributed by atoms with van der Waals surface area (Å²) in [5.41, 5.74) is 1.44. The number of halogens is 3. The highest BCUT2D eigenvalue weighted by Crippen LogP contribution is 2.20. The van der Waals surface area contributed by atoms with Crippen molar-refractivity contribution in [3.05, 3.63) is 68.4 Å². The van der Waals surface area contributed by atoms with Gasteiger partial charge in [-0.3, -0.25) is 4.79 Å². The Hall–Kier alpha value is -1.20. The maximum Gasteiger partial charge on any atom is 0.251 e. The first-order valence-electron chi connectivity index (χ1n) is 6.03. The largest absolute Gasteiger partial charge is 0.352 e. The van der Waals surface area contributed by atoms with Gasteiger partial charge in [0.25, 0.3) is 5.91 Å². The van der Waals surface area contributed by atoms with Crippen LogP contribution in [0.15, 0.2) is 51.4 Å². The molecule has 0 fully saturated rings. The van der Waals surface area contributed by atoms with Crippen LogP contribution in [0.4, 0.5) is 4.39 Å². The molecule has 2 aromatic rings. The van der Waals surface area contributed by atoms with E-state index in [2.05, 4.69) is 37.2 Å². The average molecular weight is 401 g/mol. The van der Waals surface area contributed by atoms with Crippen LogP contribution in [0.1, 0.15) is 15.9 Å². The zero-order valence-corrected chi connectivity index (χ0v) is 13.7. The lowest BCUT2D eigenvalue weighted by atomic mass is 10.1. The van der Waals surface area contributed by atoms with E-state index in [0.717, 1.165) is 14.5 Å². The second kappa shape index (κ2) is 6.99. The second-order valence-electron chi connectivity index (χ2n) is 4.29. The van der Waals surface area contributed by atoms with Crippen LogP contribution in [0.2, 0.25) is 0 Å². The smallest absolute Gasteiger partial charge is 0.251 e. The molecule has 0 heterocycles. The fourth-order valence-electron chi connectivity index (χ4n) is 1.80. The first-order valence-corrected chi connectivity index (χ1v) is 7.62. The van der Waals surface area contributed by atoms with Gasteiger partial charge in [0.2, 0.25) is 0 Å². The van der Waals surface area contributed by atoms with E-state index in [1.165, 1.54) is 12.1 Å². The molecule has 0 aromatic heterocycles. The van der Waals surface area contributed by atoms with Crippen LogP contribution in [0.25, 0.3) is 0 Å². The molecule has 5 heteroatoms. The minimum absolute atomic E-state index is 0.150. The Labute approximate surface area is 133 Å². The van der Waals surface area contributed by atoms with Gasteiger partial charge in [-0.05, 0) is 42.3 Å². The fraction of sp³-hybridized carbons (Fsp3) is 0.133. The lowest BCUT2D eigenvalue weighted by Crippen LogP contribution is -2.25. The van der Waals surface area contributed by atoms with Crippen LogP contribution in [-0.4, -0.2) is 12.5 Å². The van der Waals surface area contributed by atoms with E-state index in [-0.39, 0.29) is 11.7 Å². The Morgan fingerprint density at radius 1 is 1.10 bits per heavy atom. The molecule has 2 nitrogen and oxygen atoms in total. The van der Waals surface area contributed by atoms with Gasteiger partial charge in [-0.2, -0.15) is 0 Å². The van der Waals surface area contributed by atoms with Crippen LogP contribution >= 0.6 is 31.9 Å². The predicted molar refractivity (Wildman–Crippen MR) is 84.3 cm³/mol. The number of benzene rings is 2.